The Bertz CT molecular complexity index is 809. The number of rotatable bonds is 7. The topological polar surface area (TPSA) is 103 Å². The van der Waals surface area contributed by atoms with Crippen molar-refractivity contribution in [2.75, 3.05) is 11.1 Å². The number of amides is 2. The maximum Gasteiger partial charge on any atom is 0.316 e. The summed E-state index contributed by atoms with van der Waals surface area (Å²) >= 11 is 1.45. The first kappa shape index (κ1) is 16.1. The minimum Gasteiger partial charge on any atom is -0.351 e. The largest absolute Gasteiger partial charge is 0.351 e. The minimum atomic E-state index is -0.625. The van der Waals surface area contributed by atoms with E-state index in [0.717, 1.165) is 11.0 Å². The molecule has 1 aromatic heterocycles. The Morgan fingerprint density at radius 3 is 2.48 bits per heavy atom. The van der Waals surface area contributed by atoms with Crippen molar-refractivity contribution in [1.29, 1.82) is 0 Å². The SMILES string of the molecule is NC(=O)Nc1ccc(C(=O)CSc2nnc(C3CC3)n2C2CC2)cc1. The number of benzene rings is 1. The van der Waals surface area contributed by atoms with Crippen LogP contribution in [-0.4, -0.2) is 32.3 Å². The van der Waals surface area contributed by atoms with E-state index in [0.29, 0.717) is 29.0 Å². The molecule has 0 saturated heterocycles. The minimum absolute atomic E-state index is 0.0222. The van der Waals surface area contributed by atoms with Crippen molar-refractivity contribution in [3.8, 4) is 0 Å². The Morgan fingerprint density at radius 2 is 1.88 bits per heavy atom. The molecule has 2 aromatic rings. The van der Waals surface area contributed by atoms with Crippen molar-refractivity contribution in [2.45, 2.75) is 42.8 Å². The standard InChI is InChI=1S/C17H19N5O2S/c18-16(24)19-12-5-3-10(4-6-12)14(23)9-25-17-21-20-15(11-1-2-11)22(17)13-7-8-13/h3-6,11,13H,1-2,7-9H2,(H3,18,19,24). The molecule has 0 unspecified atom stereocenters. The van der Waals surface area contributed by atoms with Gasteiger partial charge in [0.2, 0.25) is 0 Å². The molecule has 8 heteroatoms. The molecule has 2 saturated carbocycles. The van der Waals surface area contributed by atoms with Gasteiger partial charge >= 0.3 is 6.03 Å². The summed E-state index contributed by atoms with van der Waals surface area (Å²) in [5.74, 6) is 2.00. The van der Waals surface area contributed by atoms with E-state index in [4.69, 9.17) is 5.73 Å². The fourth-order valence-electron chi connectivity index (χ4n) is 2.78. The van der Waals surface area contributed by atoms with Crippen LogP contribution in [0.25, 0.3) is 0 Å². The number of hydrogen-bond donors (Lipinski definition) is 2. The molecule has 25 heavy (non-hydrogen) atoms. The number of hydrogen-bond acceptors (Lipinski definition) is 5. The number of Topliss-reactive ketones (excluding diaryl/α,β-unsaturated/α-hetero) is 1. The summed E-state index contributed by atoms with van der Waals surface area (Å²) in [7, 11) is 0. The Kier molecular flexibility index (Phi) is 4.20. The van der Waals surface area contributed by atoms with Crippen molar-refractivity contribution >= 4 is 29.3 Å². The van der Waals surface area contributed by atoms with Crippen LogP contribution >= 0.6 is 11.8 Å². The summed E-state index contributed by atoms with van der Waals surface area (Å²) in [5.41, 5.74) is 6.24. The molecule has 2 fully saturated rings. The quantitative estimate of drug-likeness (QED) is 0.586. The number of ketones is 1. The summed E-state index contributed by atoms with van der Waals surface area (Å²) in [4.78, 5) is 23.2. The molecule has 0 aliphatic heterocycles. The van der Waals surface area contributed by atoms with Crippen molar-refractivity contribution in [3.63, 3.8) is 0 Å². The fourth-order valence-corrected chi connectivity index (χ4v) is 3.68. The first-order valence-corrected chi connectivity index (χ1v) is 9.37. The molecule has 2 aliphatic carbocycles. The van der Waals surface area contributed by atoms with Gasteiger partial charge in [0, 0.05) is 23.2 Å². The van der Waals surface area contributed by atoms with Crippen LogP contribution in [0, 0.1) is 0 Å². The molecule has 3 N–H and O–H groups in total. The predicted molar refractivity (Wildman–Crippen MR) is 95.0 cm³/mol. The maximum atomic E-state index is 12.4. The highest BCUT2D eigenvalue weighted by Crippen LogP contribution is 2.46. The van der Waals surface area contributed by atoms with E-state index in [2.05, 4.69) is 20.1 Å². The molecular formula is C17H19N5O2S. The second kappa shape index (κ2) is 6.51. The second-order valence-electron chi connectivity index (χ2n) is 6.49. The first-order chi connectivity index (χ1) is 12.1. The number of nitrogens with one attached hydrogen (secondary N) is 1. The van der Waals surface area contributed by atoms with Gasteiger partial charge in [0.05, 0.1) is 5.75 Å². The molecule has 2 amide bonds. The van der Waals surface area contributed by atoms with Gasteiger partial charge in [-0.05, 0) is 49.9 Å². The smallest absolute Gasteiger partial charge is 0.316 e. The lowest BCUT2D eigenvalue weighted by molar-refractivity contribution is 0.102. The van der Waals surface area contributed by atoms with Crippen LogP contribution in [0.2, 0.25) is 0 Å². The Morgan fingerprint density at radius 1 is 1.16 bits per heavy atom. The van der Waals surface area contributed by atoms with Crippen molar-refractivity contribution < 1.29 is 9.59 Å². The van der Waals surface area contributed by atoms with E-state index in [9.17, 15) is 9.59 Å². The maximum absolute atomic E-state index is 12.4. The normalized spacial score (nSPS) is 16.6. The molecule has 4 rings (SSSR count). The zero-order valence-electron chi connectivity index (χ0n) is 13.6. The van der Waals surface area contributed by atoms with E-state index in [-0.39, 0.29) is 5.78 Å². The van der Waals surface area contributed by atoms with Gasteiger partial charge in [-0.2, -0.15) is 0 Å². The number of primary amides is 1. The Balaban J connectivity index is 1.41. The zero-order chi connectivity index (χ0) is 17.4. The monoisotopic (exact) mass is 357 g/mol. The van der Waals surface area contributed by atoms with Crippen LogP contribution < -0.4 is 11.1 Å². The third-order valence-electron chi connectivity index (χ3n) is 4.35. The van der Waals surface area contributed by atoms with Crippen LogP contribution in [0.5, 0.6) is 0 Å². The van der Waals surface area contributed by atoms with Gasteiger partial charge in [-0.25, -0.2) is 4.79 Å². The molecule has 7 nitrogen and oxygen atoms in total. The van der Waals surface area contributed by atoms with Gasteiger partial charge in [0.15, 0.2) is 10.9 Å². The number of thioether (sulfide) groups is 1. The summed E-state index contributed by atoms with van der Waals surface area (Å²) in [5, 5.41) is 12.0. The van der Waals surface area contributed by atoms with Crippen molar-refractivity contribution in [2.24, 2.45) is 5.73 Å². The number of nitrogens with two attached hydrogens (primary N) is 1. The third kappa shape index (κ3) is 3.68. The lowest BCUT2D eigenvalue weighted by Crippen LogP contribution is -2.19. The number of aromatic nitrogens is 3. The highest BCUT2D eigenvalue weighted by Gasteiger charge is 2.36. The highest BCUT2D eigenvalue weighted by atomic mass is 32.2. The lowest BCUT2D eigenvalue weighted by Gasteiger charge is -2.08. The van der Waals surface area contributed by atoms with Crippen LogP contribution in [0.15, 0.2) is 29.4 Å². The van der Waals surface area contributed by atoms with Gasteiger partial charge in [0.1, 0.15) is 5.82 Å². The molecule has 0 radical (unpaired) electrons. The molecular weight excluding hydrogens is 338 g/mol. The number of nitrogens with zero attached hydrogens (tertiary/aromatic N) is 3. The predicted octanol–water partition coefficient (Wildman–Crippen LogP) is 2.96. The Hall–Kier alpha value is -2.35. The average Bonchev–Trinajstić information content (AvgIpc) is 3.51. The van der Waals surface area contributed by atoms with E-state index >= 15 is 0 Å². The summed E-state index contributed by atoms with van der Waals surface area (Å²) in [6, 6.07) is 6.61. The van der Waals surface area contributed by atoms with E-state index in [1.54, 1.807) is 24.3 Å². The molecule has 1 aromatic carbocycles. The summed E-state index contributed by atoms with van der Waals surface area (Å²) < 4.78 is 2.25. The highest BCUT2D eigenvalue weighted by molar-refractivity contribution is 7.99. The molecule has 1 heterocycles. The fraction of sp³-hybridized carbons (Fsp3) is 0.412. The summed E-state index contributed by atoms with van der Waals surface area (Å²) in [6.07, 6.45) is 4.74. The van der Waals surface area contributed by atoms with Gasteiger partial charge in [0.25, 0.3) is 0 Å². The molecule has 0 atom stereocenters. The van der Waals surface area contributed by atoms with E-state index in [1.807, 2.05) is 0 Å². The van der Waals surface area contributed by atoms with Crippen molar-refractivity contribution in [3.05, 3.63) is 35.7 Å². The average molecular weight is 357 g/mol. The Labute approximate surface area is 149 Å². The van der Waals surface area contributed by atoms with Gasteiger partial charge in [-0.1, -0.05) is 11.8 Å². The molecule has 0 bridgehead atoms. The van der Waals surface area contributed by atoms with E-state index in [1.165, 1.54) is 37.4 Å². The van der Waals surface area contributed by atoms with Crippen LogP contribution in [0.4, 0.5) is 10.5 Å². The number of carbonyl (C=O) groups is 2. The van der Waals surface area contributed by atoms with Gasteiger partial charge < -0.3 is 15.6 Å². The second-order valence-corrected chi connectivity index (χ2v) is 7.44. The summed E-state index contributed by atoms with van der Waals surface area (Å²) in [6.45, 7) is 0. The number of carbonyl (C=O) groups excluding carboxylic acids is 2. The van der Waals surface area contributed by atoms with Crippen LogP contribution in [0.1, 0.15) is 53.8 Å². The van der Waals surface area contributed by atoms with Crippen LogP contribution in [-0.2, 0) is 0 Å². The van der Waals surface area contributed by atoms with E-state index < -0.39 is 6.03 Å². The zero-order valence-corrected chi connectivity index (χ0v) is 14.5. The number of urea groups is 1. The van der Waals surface area contributed by atoms with Gasteiger partial charge in [-0.15, -0.1) is 10.2 Å². The third-order valence-corrected chi connectivity index (χ3v) is 5.30. The number of anilines is 1. The molecule has 2 aliphatic rings. The van der Waals surface area contributed by atoms with Crippen LogP contribution in [0.3, 0.4) is 0 Å². The van der Waals surface area contributed by atoms with Gasteiger partial charge in [-0.3, -0.25) is 4.79 Å². The van der Waals surface area contributed by atoms with Crippen molar-refractivity contribution in [1.82, 2.24) is 14.8 Å². The molecule has 130 valence electrons. The molecule has 0 spiro atoms. The first-order valence-electron chi connectivity index (χ1n) is 8.39. The lowest BCUT2D eigenvalue weighted by atomic mass is 10.1.